The first-order chi connectivity index (χ1) is 8.59. The molecule has 1 aliphatic carbocycles. The van der Waals surface area contributed by atoms with Gasteiger partial charge in [0.2, 0.25) is 0 Å². The van der Waals surface area contributed by atoms with Crippen molar-refractivity contribution in [2.45, 2.75) is 45.1 Å². The molecular formula is C12H23ClN2O2S. The number of hydrogen-bond donors (Lipinski definition) is 0. The minimum atomic E-state index is -3.31. The first kappa shape index (κ1) is 14.6. The van der Waals surface area contributed by atoms with E-state index in [1.54, 1.807) is 8.61 Å². The Balaban J connectivity index is 2.10. The van der Waals surface area contributed by atoms with Crippen molar-refractivity contribution >= 4 is 21.8 Å². The number of piperidine rings is 1. The van der Waals surface area contributed by atoms with Crippen LogP contribution in [0.3, 0.4) is 0 Å². The Morgan fingerprint density at radius 2 is 2.00 bits per heavy atom. The summed E-state index contributed by atoms with van der Waals surface area (Å²) in [6.45, 7) is 3.79. The summed E-state index contributed by atoms with van der Waals surface area (Å²) in [5.41, 5.74) is 0. The quantitative estimate of drug-likeness (QED) is 0.704. The van der Waals surface area contributed by atoms with Gasteiger partial charge >= 0.3 is 0 Å². The van der Waals surface area contributed by atoms with Gasteiger partial charge in [-0.15, -0.1) is 11.6 Å². The molecule has 0 radical (unpaired) electrons. The summed E-state index contributed by atoms with van der Waals surface area (Å²) in [5, 5.41) is 0. The third-order valence-electron chi connectivity index (χ3n) is 3.89. The van der Waals surface area contributed by atoms with Crippen molar-refractivity contribution in [3.8, 4) is 0 Å². The van der Waals surface area contributed by atoms with Gasteiger partial charge in [-0.05, 0) is 31.6 Å². The lowest BCUT2D eigenvalue weighted by molar-refractivity contribution is 0.246. The number of halogens is 1. The van der Waals surface area contributed by atoms with Gasteiger partial charge in [-0.25, -0.2) is 0 Å². The third kappa shape index (κ3) is 3.18. The van der Waals surface area contributed by atoms with E-state index in [0.717, 1.165) is 19.3 Å². The van der Waals surface area contributed by atoms with Crippen molar-refractivity contribution in [3.63, 3.8) is 0 Å². The van der Waals surface area contributed by atoms with E-state index in [4.69, 9.17) is 11.6 Å². The molecule has 0 N–H and O–H groups in total. The fourth-order valence-electron chi connectivity index (χ4n) is 2.56. The predicted molar refractivity (Wildman–Crippen MR) is 74.0 cm³/mol. The van der Waals surface area contributed by atoms with E-state index < -0.39 is 10.2 Å². The van der Waals surface area contributed by atoms with Crippen LogP contribution in [0.1, 0.15) is 39.0 Å². The molecule has 2 aliphatic rings. The van der Waals surface area contributed by atoms with Gasteiger partial charge in [-0.3, -0.25) is 0 Å². The maximum Gasteiger partial charge on any atom is 0.282 e. The lowest BCUT2D eigenvalue weighted by Gasteiger charge is -2.37. The summed E-state index contributed by atoms with van der Waals surface area (Å²) in [6.07, 6.45) is 5.27. The maximum absolute atomic E-state index is 12.6. The van der Waals surface area contributed by atoms with Crippen LogP contribution in [-0.2, 0) is 10.2 Å². The van der Waals surface area contributed by atoms with E-state index in [1.807, 2.05) is 6.92 Å². The maximum atomic E-state index is 12.6. The van der Waals surface area contributed by atoms with Gasteiger partial charge in [0.1, 0.15) is 0 Å². The fraction of sp³-hybridized carbons (Fsp3) is 1.00. The van der Waals surface area contributed by atoms with Crippen LogP contribution in [0.2, 0.25) is 0 Å². The zero-order valence-electron chi connectivity index (χ0n) is 11.0. The highest BCUT2D eigenvalue weighted by Crippen LogP contribution is 2.32. The van der Waals surface area contributed by atoms with Crippen molar-refractivity contribution in [1.82, 2.24) is 8.61 Å². The summed E-state index contributed by atoms with van der Waals surface area (Å²) in [5.74, 6) is 0.985. The van der Waals surface area contributed by atoms with Gasteiger partial charge in [-0.1, -0.05) is 13.3 Å². The average molecular weight is 295 g/mol. The van der Waals surface area contributed by atoms with Gasteiger partial charge in [0.05, 0.1) is 0 Å². The van der Waals surface area contributed by atoms with Crippen LogP contribution in [0.25, 0.3) is 0 Å². The van der Waals surface area contributed by atoms with Crippen LogP contribution >= 0.6 is 11.6 Å². The molecule has 6 heteroatoms. The van der Waals surface area contributed by atoms with Crippen molar-refractivity contribution in [1.29, 1.82) is 0 Å². The third-order valence-corrected chi connectivity index (χ3v) is 6.37. The molecule has 1 saturated heterocycles. The molecular weight excluding hydrogens is 272 g/mol. The highest BCUT2D eigenvalue weighted by atomic mass is 35.5. The predicted octanol–water partition coefficient (Wildman–Crippen LogP) is 2.06. The molecule has 0 aromatic carbocycles. The average Bonchev–Trinajstić information content (AvgIpc) is 3.19. The van der Waals surface area contributed by atoms with Crippen LogP contribution in [0.5, 0.6) is 0 Å². The Hall–Kier alpha value is 0.160. The largest absolute Gasteiger partial charge is 0.282 e. The Kier molecular flexibility index (Phi) is 4.92. The van der Waals surface area contributed by atoms with Crippen LogP contribution in [0.4, 0.5) is 0 Å². The molecule has 1 atom stereocenters. The summed E-state index contributed by atoms with van der Waals surface area (Å²) >= 11 is 5.92. The molecule has 0 amide bonds. The smallest absolute Gasteiger partial charge is 0.195 e. The summed E-state index contributed by atoms with van der Waals surface area (Å²) < 4.78 is 28.6. The zero-order chi connectivity index (χ0) is 13.2. The number of hydrogen-bond acceptors (Lipinski definition) is 2. The number of nitrogens with zero attached hydrogens (tertiary/aromatic N) is 2. The Morgan fingerprint density at radius 1 is 1.28 bits per heavy atom. The van der Waals surface area contributed by atoms with E-state index in [-0.39, 0.29) is 6.04 Å². The number of rotatable bonds is 6. The second-order valence-corrected chi connectivity index (χ2v) is 7.51. The van der Waals surface area contributed by atoms with Gasteiger partial charge in [0, 0.05) is 31.6 Å². The van der Waals surface area contributed by atoms with Crippen molar-refractivity contribution in [2.24, 2.45) is 5.92 Å². The SMILES string of the molecule is CCN(CC1CC1)S(=O)(=O)N1CCCCC1CCl. The van der Waals surface area contributed by atoms with Crippen LogP contribution in [0, 0.1) is 5.92 Å². The molecule has 4 nitrogen and oxygen atoms in total. The zero-order valence-corrected chi connectivity index (χ0v) is 12.6. The molecule has 2 rings (SSSR count). The first-order valence-corrected chi connectivity index (χ1v) is 8.85. The van der Waals surface area contributed by atoms with Crippen LogP contribution in [0.15, 0.2) is 0 Å². The van der Waals surface area contributed by atoms with E-state index >= 15 is 0 Å². The Labute approximate surface area is 115 Å². The highest BCUT2D eigenvalue weighted by Gasteiger charge is 2.37. The highest BCUT2D eigenvalue weighted by molar-refractivity contribution is 7.86. The molecule has 106 valence electrons. The first-order valence-electron chi connectivity index (χ1n) is 6.92. The summed E-state index contributed by atoms with van der Waals surface area (Å²) in [6, 6.07) is -0.0151. The van der Waals surface area contributed by atoms with Crippen LogP contribution in [-0.4, -0.2) is 48.6 Å². The van der Waals surface area contributed by atoms with E-state index in [0.29, 0.717) is 31.4 Å². The Morgan fingerprint density at radius 3 is 2.56 bits per heavy atom. The summed E-state index contributed by atoms with van der Waals surface area (Å²) in [7, 11) is -3.31. The van der Waals surface area contributed by atoms with Crippen molar-refractivity contribution < 1.29 is 8.42 Å². The van der Waals surface area contributed by atoms with Gasteiger partial charge in [0.15, 0.2) is 0 Å². The number of alkyl halides is 1. The van der Waals surface area contributed by atoms with Crippen LogP contribution < -0.4 is 0 Å². The second kappa shape index (κ2) is 6.07. The van der Waals surface area contributed by atoms with Gasteiger partial charge in [-0.2, -0.15) is 17.0 Å². The molecule has 1 saturated carbocycles. The molecule has 2 fully saturated rings. The molecule has 1 heterocycles. The lowest BCUT2D eigenvalue weighted by Crippen LogP contribution is -2.51. The van der Waals surface area contributed by atoms with E-state index in [9.17, 15) is 8.42 Å². The molecule has 1 aliphatic heterocycles. The van der Waals surface area contributed by atoms with Gasteiger partial charge < -0.3 is 0 Å². The molecule has 0 bridgehead atoms. The Bertz CT molecular complexity index is 370. The minimum Gasteiger partial charge on any atom is -0.195 e. The normalized spacial score (nSPS) is 26.7. The van der Waals surface area contributed by atoms with E-state index in [2.05, 4.69) is 0 Å². The molecule has 0 aromatic rings. The van der Waals surface area contributed by atoms with Crippen molar-refractivity contribution in [2.75, 3.05) is 25.5 Å². The van der Waals surface area contributed by atoms with Crippen molar-refractivity contribution in [3.05, 3.63) is 0 Å². The molecule has 1 unspecified atom stereocenters. The monoisotopic (exact) mass is 294 g/mol. The van der Waals surface area contributed by atoms with Gasteiger partial charge in [0.25, 0.3) is 10.2 Å². The van der Waals surface area contributed by atoms with E-state index in [1.165, 1.54) is 12.8 Å². The standard InChI is InChI=1S/C12H23ClN2O2S/c1-2-14(10-11-6-7-11)18(16,17)15-8-4-3-5-12(15)9-13/h11-12H,2-10H2,1H3. The minimum absolute atomic E-state index is 0.0151. The second-order valence-electron chi connectivity index (χ2n) is 5.32. The topological polar surface area (TPSA) is 40.6 Å². The summed E-state index contributed by atoms with van der Waals surface area (Å²) in [4.78, 5) is 0. The molecule has 0 spiro atoms. The molecule has 18 heavy (non-hydrogen) atoms. The molecule has 0 aromatic heterocycles. The fourth-order valence-corrected chi connectivity index (χ4v) is 4.90. The lowest BCUT2D eigenvalue weighted by atomic mass is 10.1.